The average Bonchev–Trinajstić information content (AvgIpc) is 2.69. The van der Waals surface area contributed by atoms with Gasteiger partial charge >= 0.3 is 0 Å². The highest BCUT2D eigenvalue weighted by Crippen LogP contribution is 2.25. The number of hydrogen-bond donors (Lipinski definition) is 2. The second kappa shape index (κ2) is 8.68. The Balaban J connectivity index is 1.74. The van der Waals surface area contributed by atoms with Crippen molar-refractivity contribution in [1.82, 2.24) is 0 Å². The third-order valence-electron chi connectivity index (χ3n) is 4.35. The smallest absolute Gasteiger partial charge is 0.261 e. The molecule has 0 aliphatic heterocycles. The number of halogens is 1. The van der Waals surface area contributed by atoms with Gasteiger partial charge in [0.15, 0.2) is 0 Å². The lowest BCUT2D eigenvalue weighted by molar-refractivity contribution is 0.102. The topological polar surface area (TPSA) is 75.3 Å². The largest absolute Gasteiger partial charge is 0.322 e. The molecule has 0 atom stereocenters. The van der Waals surface area contributed by atoms with Crippen LogP contribution in [0.4, 0.5) is 11.4 Å². The van der Waals surface area contributed by atoms with Gasteiger partial charge in [0.25, 0.3) is 15.9 Å². The number of rotatable bonds is 6. The van der Waals surface area contributed by atoms with E-state index >= 15 is 0 Å². The molecule has 150 valence electrons. The second-order valence-corrected chi connectivity index (χ2v) is 8.93. The highest BCUT2D eigenvalue weighted by Gasteiger charge is 2.16. The molecule has 0 radical (unpaired) electrons. The van der Waals surface area contributed by atoms with Crippen molar-refractivity contribution in [3.8, 4) is 0 Å². The Morgan fingerprint density at radius 3 is 2.10 bits per heavy atom. The van der Waals surface area contributed by atoms with Gasteiger partial charge in [0.05, 0.1) is 21.2 Å². The number of amides is 1. The molecule has 7 heteroatoms. The van der Waals surface area contributed by atoms with E-state index in [1.807, 2.05) is 24.3 Å². The van der Waals surface area contributed by atoms with E-state index in [0.717, 1.165) is 0 Å². The fourth-order valence-electron chi connectivity index (χ4n) is 2.73. The van der Waals surface area contributed by atoms with E-state index in [-0.39, 0.29) is 27.1 Å². The number of benzene rings is 3. The number of sulfonamides is 1. The van der Waals surface area contributed by atoms with Gasteiger partial charge in [-0.3, -0.25) is 9.52 Å². The standard InChI is InChI=1S/C22H21ClN2O3S/c1-15(2)16-8-10-17(11-9-16)24-22(26)20-13-12-18(14-21(20)23)25-29(27,28)19-6-4-3-5-7-19/h3-15,25H,1-2H3,(H,24,26). The Morgan fingerprint density at radius 2 is 1.52 bits per heavy atom. The van der Waals surface area contributed by atoms with Gasteiger partial charge in [-0.1, -0.05) is 55.8 Å². The van der Waals surface area contributed by atoms with Crippen molar-refractivity contribution < 1.29 is 13.2 Å². The lowest BCUT2D eigenvalue weighted by Gasteiger charge is -2.11. The fraction of sp³-hybridized carbons (Fsp3) is 0.136. The van der Waals surface area contributed by atoms with Crippen molar-refractivity contribution in [3.05, 3.63) is 88.9 Å². The monoisotopic (exact) mass is 428 g/mol. The number of hydrogen-bond acceptors (Lipinski definition) is 3. The van der Waals surface area contributed by atoms with Crippen LogP contribution in [0, 0.1) is 0 Å². The minimum atomic E-state index is -3.73. The molecule has 3 aromatic rings. The molecule has 0 spiro atoms. The van der Waals surface area contributed by atoms with Crippen LogP contribution in [0.15, 0.2) is 77.7 Å². The van der Waals surface area contributed by atoms with E-state index < -0.39 is 10.0 Å². The van der Waals surface area contributed by atoms with Crippen LogP contribution in [-0.4, -0.2) is 14.3 Å². The first-order chi connectivity index (χ1) is 13.8. The van der Waals surface area contributed by atoms with Crippen LogP contribution < -0.4 is 10.0 Å². The second-order valence-electron chi connectivity index (χ2n) is 6.84. The molecule has 0 aliphatic carbocycles. The molecule has 2 N–H and O–H groups in total. The van der Waals surface area contributed by atoms with Crippen molar-refractivity contribution in [3.63, 3.8) is 0 Å². The zero-order valence-electron chi connectivity index (χ0n) is 16.0. The number of anilines is 2. The zero-order valence-corrected chi connectivity index (χ0v) is 17.6. The van der Waals surface area contributed by atoms with Crippen LogP contribution in [0.3, 0.4) is 0 Å². The predicted octanol–water partition coefficient (Wildman–Crippen LogP) is 5.52. The quantitative estimate of drug-likeness (QED) is 0.543. The first kappa shape index (κ1) is 20.9. The molecule has 3 aromatic carbocycles. The molecule has 0 aromatic heterocycles. The molecule has 1 amide bonds. The van der Waals surface area contributed by atoms with Crippen LogP contribution in [0.1, 0.15) is 35.7 Å². The highest BCUT2D eigenvalue weighted by atomic mass is 35.5. The summed E-state index contributed by atoms with van der Waals surface area (Å²) >= 11 is 6.24. The third-order valence-corrected chi connectivity index (χ3v) is 6.06. The van der Waals surface area contributed by atoms with Crippen molar-refractivity contribution >= 4 is 38.9 Å². The summed E-state index contributed by atoms with van der Waals surface area (Å²) in [5.41, 5.74) is 2.36. The van der Waals surface area contributed by atoms with E-state index in [0.29, 0.717) is 11.6 Å². The molecule has 0 saturated carbocycles. The lowest BCUT2D eigenvalue weighted by atomic mass is 10.0. The summed E-state index contributed by atoms with van der Waals surface area (Å²) in [6.45, 7) is 4.20. The third kappa shape index (κ3) is 5.16. The first-order valence-electron chi connectivity index (χ1n) is 9.05. The summed E-state index contributed by atoms with van der Waals surface area (Å²) in [7, 11) is -3.73. The average molecular weight is 429 g/mol. The van der Waals surface area contributed by atoms with Gasteiger partial charge in [0.2, 0.25) is 0 Å². The van der Waals surface area contributed by atoms with Gasteiger partial charge in [0, 0.05) is 5.69 Å². The summed E-state index contributed by atoms with van der Waals surface area (Å²) in [4.78, 5) is 12.7. The van der Waals surface area contributed by atoms with Crippen LogP contribution >= 0.6 is 11.6 Å². The van der Waals surface area contributed by atoms with Gasteiger partial charge in [-0.05, 0) is 53.9 Å². The summed E-state index contributed by atoms with van der Waals surface area (Å²) in [6.07, 6.45) is 0. The van der Waals surface area contributed by atoms with Crippen LogP contribution in [0.2, 0.25) is 5.02 Å². The van der Waals surface area contributed by atoms with E-state index in [4.69, 9.17) is 11.6 Å². The van der Waals surface area contributed by atoms with Crippen molar-refractivity contribution in [2.45, 2.75) is 24.7 Å². The Bertz CT molecular complexity index is 1110. The molecule has 0 aliphatic rings. The lowest BCUT2D eigenvalue weighted by Crippen LogP contribution is -2.14. The molecule has 3 rings (SSSR count). The molecular formula is C22H21ClN2O3S. The molecule has 0 saturated heterocycles. The van der Waals surface area contributed by atoms with Gasteiger partial charge in [-0.25, -0.2) is 8.42 Å². The summed E-state index contributed by atoms with van der Waals surface area (Å²) in [5.74, 6) is 0.0335. The molecule has 0 unspecified atom stereocenters. The Kier molecular flexibility index (Phi) is 6.25. The SMILES string of the molecule is CC(C)c1ccc(NC(=O)c2ccc(NS(=O)(=O)c3ccccc3)cc2Cl)cc1. The van der Waals surface area contributed by atoms with E-state index in [1.54, 1.807) is 18.2 Å². The maximum Gasteiger partial charge on any atom is 0.261 e. The highest BCUT2D eigenvalue weighted by molar-refractivity contribution is 7.92. The van der Waals surface area contributed by atoms with Gasteiger partial charge in [-0.2, -0.15) is 0 Å². The number of carbonyl (C=O) groups excluding carboxylic acids is 1. The van der Waals surface area contributed by atoms with Crippen LogP contribution in [-0.2, 0) is 10.0 Å². The van der Waals surface area contributed by atoms with E-state index in [2.05, 4.69) is 23.9 Å². The molecule has 0 bridgehead atoms. The minimum Gasteiger partial charge on any atom is -0.322 e. The maximum absolute atomic E-state index is 12.5. The summed E-state index contributed by atoms with van der Waals surface area (Å²) < 4.78 is 27.3. The fourth-order valence-corrected chi connectivity index (χ4v) is 4.06. The van der Waals surface area contributed by atoms with Crippen LogP contribution in [0.5, 0.6) is 0 Å². The minimum absolute atomic E-state index is 0.141. The van der Waals surface area contributed by atoms with Crippen LogP contribution in [0.25, 0.3) is 0 Å². The van der Waals surface area contributed by atoms with Gasteiger partial charge in [0.1, 0.15) is 0 Å². The van der Waals surface area contributed by atoms with Gasteiger partial charge in [-0.15, -0.1) is 0 Å². The Hall–Kier alpha value is -2.83. The zero-order chi connectivity index (χ0) is 21.0. The normalized spacial score (nSPS) is 11.3. The van der Waals surface area contributed by atoms with Crippen molar-refractivity contribution in [2.75, 3.05) is 10.0 Å². The maximum atomic E-state index is 12.5. The molecular weight excluding hydrogens is 408 g/mol. The van der Waals surface area contributed by atoms with Gasteiger partial charge < -0.3 is 5.32 Å². The van der Waals surface area contributed by atoms with Crippen molar-refractivity contribution in [1.29, 1.82) is 0 Å². The molecule has 29 heavy (non-hydrogen) atoms. The summed E-state index contributed by atoms with van der Waals surface area (Å²) in [5, 5.41) is 2.94. The molecule has 0 fully saturated rings. The molecule has 0 heterocycles. The Morgan fingerprint density at radius 1 is 0.897 bits per heavy atom. The summed E-state index contributed by atoms with van der Waals surface area (Å²) in [6, 6.07) is 20.0. The predicted molar refractivity (Wildman–Crippen MR) is 117 cm³/mol. The molecule has 5 nitrogen and oxygen atoms in total. The van der Waals surface area contributed by atoms with E-state index in [1.165, 1.54) is 35.9 Å². The van der Waals surface area contributed by atoms with Crippen molar-refractivity contribution in [2.24, 2.45) is 0 Å². The number of carbonyl (C=O) groups is 1. The Labute approximate surface area is 175 Å². The number of nitrogens with one attached hydrogen (secondary N) is 2. The van der Waals surface area contributed by atoms with E-state index in [9.17, 15) is 13.2 Å². The first-order valence-corrected chi connectivity index (χ1v) is 10.9.